The molecule has 0 saturated heterocycles. The van der Waals surface area contributed by atoms with Gasteiger partial charge < -0.3 is 13.9 Å². The van der Waals surface area contributed by atoms with Gasteiger partial charge in [-0.1, -0.05) is 143 Å². The fourth-order valence-electron chi connectivity index (χ4n) is 7.63. The Balaban J connectivity index is 0.00000544. The summed E-state index contributed by atoms with van der Waals surface area (Å²) >= 11 is 0. The summed E-state index contributed by atoms with van der Waals surface area (Å²) in [7, 11) is 0. The first-order valence-corrected chi connectivity index (χ1v) is 20.7. The molecule has 5 nitrogen and oxygen atoms in total. The van der Waals surface area contributed by atoms with Crippen molar-refractivity contribution in [3.05, 3.63) is 162 Å². The Morgan fingerprint density at radius 2 is 1.22 bits per heavy atom. The zero-order valence-electron chi connectivity index (χ0n) is 37.1. The van der Waals surface area contributed by atoms with Crippen molar-refractivity contribution in [2.75, 3.05) is 0 Å². The molecule has 60 heavy (non-hydrogen) atoms. The molecule has 0 fully saturated rings. The third kappa shape index (κ3) is 8.52. The van der Waals surface area contributed by atoms with Gasteiger partial charge in [-0.15, -0.1) is 35.2 Å². The van der Waals surface area contributed by atoms with Crippen molar-refractivity contribution in [1.82, 2.24) is 14.1 Å². The number of hydrogen-bond donors (Lipinski definition) is 0. The van der Waals surface area contributed by atoms with Crippen LogP contribution >= 0.6 is 0 Å². The summed E-state index contributed by atoms with van der Waals surface area (Å²) in [5.41, 5.74) is 10.7. The van der Waals surface area contributed by atoms with E-state index in [1.807, 2.05) is 18.3 Å². The molecule has 0 radical (unpaired) electrons. The molecule has 8 aromatic rings. The smallest absolute Gasteiger partial charge is 0.267 e. The van der Waals surface area contributed by atoms with Crippen molar-refractivity contribution in [3.63, 3.8) is 0 Å². The molecule has 0 unspecified atom stereocenters. The van der Waals surface area contributed by atoms with Crippen LogP contribution in [-0.2, 0) is 42.7 Å². The maximum Gasteiger partial charge on any atom is 0.267 e. The maximum absolute atomic E-state index is 6.79. The summed E-state index contributed by atoms with van der Waals surface area (Å²) in [5, 5.41) is 2.23. The number of nitrogens with zero attached hydrogens (tertiary/aromatic N) is 4. The molecule has 0 amide bonds. The van der Waals surface area contributed by atoms with Crippen molar-refractivity contribution in [2.45, 2.75) is 105 Å². The summed E-state index contributed by atoms with van der Waals surface area (Å²) < 4.78 is 13.3. The zero-order valence-corrected chi connectivity index (χ0v) is 39.3. The molecule has 0 atom stereocenters. The van der Waals surface area contributed by atoms with Gasteiger partial charge in [-0.25, -0.2) is 4.98 Å². The van der Waals surface area contributed by atoms with E-state index in [4.69, 9.17) is 9.72 Å². The summed E-state index contributed by atoms with van der Waals surface area (Å²) in [4.78, 5) is 4.87. The Hall–Kier alpha value is -5.25. The standard InChI is InChI=1S/C54H56N4O.Pt/c1-51(2,3)38-24-25-55-50(31-38)58-47-21-17-16-20-45(47)46-23-22-43(33-48(46)58)59-44-27-37(36-18-14-13-15-19-36)26-41(32-44)56-34-49(54(10,11)12)57(35-56)42-29-39(52(4,5)6)28-40(30-42)53(7,8)9;/h13-31,34H,1-12H3;/q-2;. The predicted molar refractivity (Wildman–Crippen MR) is 243 cm³/mol. The predicted octanol–water partition coefficient (Wildman–Crippen LogP) is 13.3. The van der Waals surface area contributed by atoms with Gasteiger partial charge in [0.25, 0.3) is 6.33 Å². The number of ether oxygens (including phenoxy) is 1. The Morgan fingerprint density at radius 3 is 1.87 bits per heavy atom. The normalized spacial score (nSPS) is 12.5. The van der Waals surface area contributed by atoms with E-state index in [2.05, 4.69) is 219 Å². The largest absolute Gasteiger partial charge is 0.510 e. The van der Waals surface area contributed by atoms with E-state index in [-0.39, 0.29) is 42.7 Å². The molecule has 0 N–H and O–H groups in total. The Bertz CT molecular complexity index is 2800. The Morgan fingerprint density at radius 1 is 0.567 bits per heavy atom. The molecule has 0 bridgehead atoms. The first-order valence-electron chi connectivity index (χ1n) is 20.7. The number of para-hydroxylation sites is 1. The molecule has 0 aliphatic carbocycles. The molecule has 6 heteroatoms. The number of rotatable bonds is 6. The van der Waals surface area contributed by atoms with Crippen molar-refractivity contribution >= 4 is 21.8 Å². The maximum atomic E-state index is 6.79. The van der Waals surface area contributed by atoms with Crippen LogP contribution in [0.15, 0.2) is 122 Å². The number of fused-ring (bicyclic) bond motifs is 3. The van der Waals surface area contributed by atoms with Crippen LogP contribution in [0.5, 0.6) is 11.5 Å². The summed E-state index contributed by atoms with van der Waals surface area (Å²) in [6.45, 7) is 27.2. The van der Waals surface area contributed by atoms with Crippen molar-refractivity contribution in [2.24, 2.45) is 0 Å². The summed E-state index contributed by atoms with van der Waals surface area (Å²) in [5.74, 6) is 2.03. The van der Waals surface area contributed by atoms with E-state index in [0.717, 1.165) is 55.8 Å². The van der Waals surface area contributed by atoms with Crippen LogP contribution in [0, 0.1) is 18.5 Å². The first kappa shape index (κ1) is 42.9. The quantitative estimate of drug-likeness (QED) is 0.123. The van der Waals surface area contributed by atoms with Gasteiger partial charge in [-0.2, -0.15) is 12.1 Å². The van der Waals surface area contributed by atoms with Crippen LogP contribution in [0.3, 0.4) is 0 Å². The van der Waals surface area contributed by atoms with Gasteiger partial charge in [-0.3, -0.25) is 4.57 Å². The van der Waals surface area contributed by atoms with Crippen LogP contribution in [0.1, 0.15) is 105 Å². The van der Waals surface area contributed by atoms with Crippen molar-refractivity contribution in [3.8, 4) is 39.8 Å². The van der Waals surface area contributed by atoms with Crippen LogP contribution < -0.4 is 9.30 Å². The van der Waals surface area contributed by atoms with Crippen LogP contribution in [0.25, 0.3) is 50.1 Å². The fourth-order valence-corrected chi connectivity index (χ4v) is 7.63. The first-order chi connectivity index (χ1) is 27.7. The van der Waals surface area contributed by atoms with E-state index >= 15 is 0 Å². The second-order valence-corrected chi connectivity index (χ2v) is 20.0. The molecule has 5 aromatic carbocycles. The molecule has 310 valence electrons. The second-order valence-electron chi connectivity index (χ2n) is 20.0. The second kappa shape index (κ2) is 15.7. The van der Waals surface area contributed by atoms with Gasteiger partial charge in [0.2, 0.25) is 0 Å². The molecule has 0 aliphatic heterocycles. The van der Waals surface area contributed by atoms with E-state index < -0.39 is 0 Å². The zero-order chi connectivity index (χ0) is 42.1. The minimum Gasteiger partial charge on any atom is -0.510 e. The average molecular weight is 972 g/mol. The van der Waals surface area contributed by atoms with E-state index in [9.17, 15) is 0 Å². The van der Waals surface area contributed by atoms with E-state index in [0.29, 0.717) is 11.5 Å². The number of aromatic nitrogens is 4. The minimum absolute atomic E-state index is 0. The molecule has 3 aromatic heterocycles. The third-order valence-electron chi connectivity index (χ3n) is 11.2. The van der Waals surface area contributed by atoms with Crippen LogP contribution in [0.2, 0.25) is 0 Å². The third-order valence-corrected chi connectivity index (χ3v) is 11.2. The van der Waals surface area contributed by atoms with Gasteiger partial charge in [0.05, 0.1) is 11.4 Å². The van der Waals surface area contributed by atoms with Gasteiger partial charge in [-0.05, 0) is 85.3 Å². The molecular weight excluding hydrogens is 916 g/mol. The van der Waals surface area contributed by atoms with E-state index in [1.54, 1.807) is 0 Å². The average Bonchev–Trinajstić information content (AvgIpc) is 3.78. The van der Waals surface area contributed by atoms with Gasteiger partial charge in [0, 0.05) is 50.5 Å². The van der Waals surface area contributed by atoms with Crippen LogP contribution in [0.4, 0.5) is 0 Å². The molecular formula is C54H56N4OPt-2. The van der Waals surface area contributed by atoms with Crippen molar-refractivity contribution in [1.29, 1.82) is 0 Å². The van der Waals surface area contributed by atoms with Crippen molar-refractivity contribution < 1.29 is 30.4 Å². The number of benzene rings is 5. The van der Waals surface area contributed by atoms with Crippen LogP contribution in [-0.4, -0.2) is 14.1 Å². The fraction of sp³-hybridized carbons (Fsp3) is 0.296. The monoisotopic (exact) mass is 971 g/mol. The Labute approximate surface area is 371 Å². The number of hydrogen-bond acceptors (Lipinski definition) is 2. The van der Waals surface area contributed by atoms with Gasteiger partial charge >= 0.3 is 0 Å². The number of pyridine rings is 1. The summed E-state index contributed by atoms with van der Waals surface area (Å²) in [6.07, 6.45) is 7.85. The molecule has 0 aliphatic rings. The number of imidazole rings is 1. The van der Waals surface area contributed by atoms with E-state index in [1.165, 1.54) is 16.7 Å². The molecule has 3 heterocycles. The Kier molecular flexibility index (Phi) is 11.2. The molecule has 8 rings (SSSR count). The molecule has 0 spiro atoms. The van der Waals surface area contributed by atoms with Gasteiger partial charge in [0.15, 0.2) is 0 Å². The minimum atomic E-state index is -0.179. The van der Waals surface area contributed by atoms with Gasteiger partial charge in [0.1, 0.15) is 5.82 Å². The SMILES string of the molecule is CC(C)(C)c1cc(-[n+]2[c-]n(-c3[c-]c(Oc4[c-]c5c(cc4)c4ccccc4n5-c4cc(C(C)(C)C)ccn4)cc(-c4ccccc4)c3)cc2C(C)(C)C)cc(C(C)(C)C)c1.[Pt]. The molecule has 0 saturated carbocycles. The topological polar surface area (TPSA) is 35.9 Å². The summed E-state index contributed by atoms with van der Waals surface area (Å²) in [6, 6.07) is 45.9.